The first-order valence-electron chi connectivity index (χ1n) is 10.8. The second kappa shape index (κ2) is 7.95. The van der Waals surface area contributed by atoms with Gasteiger partial charge in [0.15, 0.2) is 0 Å². The van der Waals surface area contributed by atoms with Crippen LogP contribution >= 0.6 is 0 Å². The SMILES string of the molecule is Cc1cc(CCCC2CC(c3ccccc3)c3ccccc32)c(C)c(C)c1C. The van der Waals surface area contributed by atoms with Gasteiger partial charge in [0.05, 0.1) is 0 Å². The molecule has 3 aromatic carbocycles. The van der Waals surface area contributed by atoms with Gasteiger partial charge in [-0.2, -0.15) is 0 Å². The van der Waals surface area contributed by atoms with Crippen molar-refractivity contribution in [1.82, 2.24) is 0 Å². The molecule has 0 spiro atoms. The molecule has 0 fully saturated rings. The van der Waals surface area contributed by atoms with E-state index in [-0.39, 0.29) is 0 Å². The molecule has 0 heterocycles. The zero-order chi connectivity index (χ0) is 19.7. The van der Waals surface area contributed by atoms with Gasteiger partial charge in [-0.05, 0) is 104 Å². The number of hydrogen-bond donors (Lipinski definition) is 0. The van der Waals surface area contributed by atoms with Gasteiger partial charge in [0.25, 0.3) is 0 Å². The van der Waals surface area contributed by atoms with Gasteiger partial charge < -0.3 is 0 Å². The first-order valence-corrected chi connectivity index (χ1v) is 10.8. The molecular formula is C28H32. The Morgan fingerprint density at radius 3 is 2.18 bits per heavy atom. The standard InChI is InChI=1S/C28H32/c1-19-17-24(22(4)21(3)20(19)2)13-10-14-25-18-28(23-11-6-5-7-12-23)27-16-9-8-15-26(25)27/h5-9,11-12,15-17,25,28H,10,13-14,18H2,1-4H3. The largest absolute Gasteiger partial charge is 0.0622 e. The molecule has 0 bridgehead atoms. The Bertz CT molecular complexity index is 965. The van der Waals surface area contributed by atoms with E-state index < -0.39 is 0 Å². The Morgan fingerprint density at radius 1 is 0.750 bits per heavy atom. The summed E-state index contributed by atoms with van der Waals surface area (Å²) in [7, 11) is 0. The van der Waals surface area contributed by atoms with Crippen LogP contribution in [0.3, 0.4) is 0 Å². The molecule has 1 aliphatic rings. The smallest absolute Gasteiger partial charge is 0.00979 e. The predicted molar refractivity (Wildman–Crippen MR) is 120 cm³/mol. The highest BCUT2D eigenvalue weighted by Crippen LogP contribution is 2.47. The van der Waals surface area contributed by atoms with Crippen molar-refractivity contribution in [3.8, 4) is 0 Å². The van der Waals surface area contributed by atoms with E-state index in [4.69, 9.17) is 0 Å². The van der Waals surface area contributed by atoms with E-state index >= 15 is 0 Å². The van der Waals surface area contributed by atoms with E-state index in [1.807, 2.05) is 0 Å². The van der Waals surface area contributed by atoms with Gasteiger partial charge in [0, 0.05) is 5.92 Å². The Morgan fingerprint density at radius 2 is 1.43 bits per heavy atom. The average Bonchev–Trinajstić information content (AvgIpc) is 3.10. The molecule has 0 heteroatoms. The molecule has 0 saturated heterocycles. The molecule has 0 radical (unpaired) electrons. The minimum Gasteiger partial charge on any atom is -0.0622 e. The number of aryl methyl sites for hydroxylation is 2. The molecule has 144 valence electrons. The summed E-state index contributed by atoms with van der Waals surface area (Å²) in [6.07, 6.45) is 5.01. The maximum absolute atomic E-state index is 2.42. The third kappa shape index (κ3) is 3.53. The summed E-state index contributed by atoms with van der Waals surface area (Å²) < 4.78 is 0. The van der Waals surface area contributed by atoms with Gasteiger partial charge >= 0.3 is 0 Å². The number of benzene rings is 3. The molecule has 0 nitrogen and oxygen atoms in total. The summed E-state index contributed by atoms with van der Waals surface area (Å²) in [5, 5.41) is 0. The number of hydrogen-bond acceptors (Lipinski definition) is 0. The van der Waals surface area contributed by atoms with Gasteiger partial charge in [-0.3, -0.25) is 0 Å². The van der Waals surface area contributed by atoms with E-state index in [0.717, 1.165) is 0 Å². The van der Waals surface area contributed by atoms with Crippen LogP contribution in [0.15, 0.2) is 60.7 Å². The van der Waals surface area contributed by atoms with Crippen molar-refractivity contribution in [2.45, 2.75) is 65.2 Å². The minimum atomic E-state index is 0.563. The van der Waals surface area contributed by atoms with Gasteiger partial charge in [-0.1, -0.05) is 60.7 Å². The minimum absolute atomic E-state index is 0.563. The van der Waals surface area contributed by atoms with Gasteiger partial charge in [-0.15, -0.1) is 0 Å². The van der Waals surface area contributed by atoms with E-state index in [0.29, 0.717) is 11.8 Å². The van der Waals surface area contributed by atoms with Gasteiger partial charge in [0.1, 0.15) is 0 Å². The predicted octanol–water partition coefficient (Wildman–Crippen LogP) is 7.56. The topological polar surface area (TPSA) is 0 Å². The zero-order valence-electron chi connectivity index (χ0n) is 17.8. The third-order valence-corrected chi connectivity index (χ3v) is 7.12. The van der Waals surface area contributed by atoms with E-state index in [1.165, 1.54) is 53.5 Å². The molecule has 1 aliphatic carbocycles. The van der Waals surface area contributed by atoms with Crippen LogP contribution in [0.4, 0.5) is 0 Å². The molecule has 28 heavy (non-hydrogen) atoms. The lowest BCUT2D eigenvalue weighted by Crippen LogP contribution is -2.00. The summed E-state index contributed by atoms with van der Waals surface area (Å²) in [5.41, 5.74) is 12.0. The van der Waals surface area contributed by atoms with Crippen LogP contribution in [0, 0.1) is 27.7 Å². The van der Waals surface area contributed by atoms with E-state index in [2.05, 4.69) is 88.4 Å². The second-order valence-corrected chi connectivity index (χ2v) is 8.64. The third-order valence-electron chi connectivity index (χ3n) is 7.12. The molecule has 2 atom stereocenters. The van der Waals surface area contributed by atoms with Crippen molar-refractivity contribution in [2.75, 3.05) is 0 Å². The highest BCUT2D eigenvalue weighted by Gasteiger charge is 2.31. The van der Waals surface area contributed by atoms with Crippen molar-refractivity contribution in [2.24, 2.45) is 0 Å². The first kappa shape index (κ1) is 19.0. The summed E-state index contributed by atoms with van der Waals surface area (Å²) >= 11 is 0. The molecule has 3 aromatic rings. The van der Waals surface area contributed by atoms with Crippen LogP contribution < -0.4 is 0 Å². The monoisotopic (exact) mass is 368 g/mol. The van der Waals surface area contributed by atoms with Crippen molar-refractivity contribution in [1.29, 1.82) is 0 Å². The fourth-order valence-corrected chi connectivity index (χ4v) is 5.11. The van der Waals surface area contributed by atoms with Crippen molar-refractivity contribution in [3.05, 3.63) is 105 Å². The highest BCUT2D eigenvalue weighted by molar-refractivity contribution is 5.45. The Labute approximate surface area is 170 Å². The highest BCUT2D eigenvalue weighted by atomic mass is 14.3. The quantitative estimate of drug-likeness (QED) is 0.436. The molecule has 4 rings (SSSR count). The maximum Gasteiger partial charge on any atom is 0.00979 e. The summed E-state index contributed by atoms with van der Waals surface area (Å²) in [5.74, 6) is 1.25. The lowest BCUT2D eigenvalue weighted by molar-refractivity contribution is 0.565. The Kier molecular flexibility index (Phi) is 5.40. The summed E-state index contributed by atoms with van der Waals surface area (Å²) in [4.78, 5) is 0. The molecule has 2 unspecified atom stereocenters. The fourth-order valence-electron chi connectivity index (χ4n) is 5.11. The van der Waals surface area contributed by atoms with Crippen LogP contribution in [-0.2, 0) is 6.42 Å². The van der Waals surface area contributed by atoms with Crippen LogP contribution in [0.2, 0.25) is 0 Å². The molecule has 0 aliphatic heterocycles. The summed E-state index contributed by atoms with van der Waals surface area (Å²) in [6.45, 7) is 9.08. The van der Waals surface area contributed by atoms with Crippen LogP contribution in [0.1, 0.15) is 75.6 Å². The second-order valence-electron chi connectivity index (χ2n) is 8.64. The van der Waals surface area contributed by atoms with Gasteiger partial charge in [-0.25, -0.2) is 0 Å². The molecule has 0 aromatic heterocycles. The first-order chi connectivity index (χ1) is 13.6. The van der Waals surface area contributed by atoms with Crippen molar-refractivity contribution >= 4 is 0 Å². The normalized spacial score (nSPS) is 18.3. The average molecular weight is 369 g/mol. The molecule has 0 amide bonds. The lowest BCUT2D eigenvalue weighted by Gasteiger charge is -2.16. The Balaban J connectivity index is 1.49. The van der Waals surface area contributed by atoms with Crippen molar-refractivity contribution < 1.29 is 0 Å². The molecule has 0 N–H and O–H groups in total. The lowest BCUT2D eigenvalue weighted by atomic mass is 9.89. The fraction of sp³-hybridized carbons (Fsp3) is 0.357. The maximum atomic E-state index is 2.42. The zero-order valence-corrected chi connectivity index (χ0v) is 17.8. The van der Waals surface area contributed by atoms with Crippen LogP contribution in [-0.4, -0.2) is 0 Å². The van der Waals surface area contributed by atoms with Gasteiger partial charge in [0.2, 0.25) is 0 Å². The van der Waals surface area contributed by atoms with Crippen molar-refractivity contribution in [3.63, 3.8) is 0 Å². The number of rotatable bonds is 5. The van der Waals surface area contributed by atoms with E-state index in [1.54, 1.807) is 16.7 Å². The van der Waals surface area contributed by atoms with E-state index in [9.17, 15) is 0 Å². The Hall–Kier alpha value is -2.34. The molecular weight excluding hydrogens is 336 g/mol. The molecule has 0 saturated carbocycles. The summed E-state index contributed by atoms with van der Waals surface area (Å²) in [6, 6.07) is 22.6. The number of fused-ring (bicyclic) bond motifs is 1. The van der Waals surface area contributed by atoms with Crippen LogP contribution in [0.5, 0.6) is 0 Å². The van der Waals surface area contributed by atoms with Crippen LogP contribution in [0.25, 0.3) is 0 Å².